The van der Waals surface area contributed by atoms with Gasteiger partial charge in [0.1, 0.15) is 11.6 Å². The Kier molecular flexibility index (Phi) is 4.26. The van der Waals surface area contributed by atoms with Crippen LogP contribution in [0.1, 0.15) is 27.4 Å². The Labute approximate surface area is 160 Å². The van der Waals surface area contributed by atoms with Gasteiger partial charge in [0.25, 0.3) is 0 Å². The second-order valence-corrected chi connectivity index (χ2v) is 6.09. The lowest BCUT2D eigenvalue weighted by Gasteiger charge is -2.24. The fraction of sp³-hybridized carbons (Fsp3) is 0.100. The molecule has 138 valence electrons. The van der Waals surface area contributed by atoms with Crippen LogP contribution in [-0.4, -0.2) is 28.3 Å². The lowest BCUT2D eigenvalue weighted by atomic mass is 9.83. The lowest BCUT2D eigenvalue weighted by molar-refractivity contribution is 0.0600. The van der Waals surface area contributed by atoms with E-state index in [1.807, 2.05) is 12.1 Å². The molecule has 28 heavy (non-hydrogen) atoms. The maximum atomic E-state index is 11.7. The van der Waals surface area contributed by atoms with Crippen molar-refractivity contribution in [2.45, 2.75) is 5.92 Å². The van der Waals surface area contributed by atoms with Crippen molar-refractivity contribution < 1.29 is 14.3 Å². The highest BCUT2D eigenvalue weighted by molar-refractivity contribution is 5.89. The van der Waals surface area contributed by atoms with E-state index in [0.717, 1.165) is 11.1 Å². The summed E-state index contributed by atoms with van der Waals surface area (Å²) in [6, 6.07) is 12.6. The molecule has 0 saturated heterocycles. The Bertz CT molecular complexity index is 1110. The van der Waals surface area contributed by atoms with E-state index in [2.05, 4.69) is 21.3 Å². The molecule has 8 heteroatoms. The Morgan fingerprint density at radius 3 is 2.61 bits per heavy atom. The molecule has 1 aromatic carbocycles. The lowest BCUT2D eigenvalue weighted by Crippen LogP contribution is -2.21. The first-order valence-electron chi connectivity index (χ1n) is 8.38. The zero-order chi connectivity index (χ0) is 19.7. The topological polar surface area (TPSA) is 127 Å². The quantitative estimate of drug-likeness (QED) is 0.675. The molecule has 0 unspecified atom stereocenters. The van der Waals surface area contributed by atoms with Crippen LogP contribution in [0.15, 0.2) is 60.2 Å². The van der Waals surface area contributed by atoms with E-state index in [0.29, 0.717) is 22.7 Å². The summed E-state index contributed by atoms with van der Waals surface area (Å²) in [7, 11) is 1.32. The normalized spacial score (nSPS) is 15.4. The zero-order valence-electron chi connectivity index (χ0n) is 14.8. The summed E-state index contributed by atoms with van der Waals surface area (Å²) in [5.74, 6) is -0.617. The SMILES string of the molecule is COC(=O)c1ccc([C@H]2C(C#N)=C(N)Oc3n[nH]c(-c4ccncc4)c32)cc1. The smallest absolute Gasteiger partial charge is 0.337 e. The largest absolute Gasteiger partial charge is 0.465 e. The average Bonchev–Trinajstić information content (AvgIpc) is 3.16. The molecule has 1 aliphatic rings. The monoisotopic (exact) mass is 373 g/mol. The molecule has 3 N–H and O–H groups in total. The van der Waals surface area contributed by atoms with Gasteiger partial charge < -0.3 is 15.2 Å². The van der Waals surface area contributed by atoms with Crippen LogP contribution in [0, 0.1) is 11.3 Å². The van der Waals surface area contributed by atoms with Crippen LogP contribution >= 0.6 is 0 Å². The number of nitrogens with two attached hydrogens (primary N) is 1. The number of aromatic amines is 1. The van der Waals surface area contributed by atoms with E-state index in [9.17, 15) is 10.1 Å². The van der Waals surface area contributed by atoms with Crippen molar-refractivity contribution in [2.75, 3.05) is 7.11 Å². The zero-order valence-corrected chi connectivity index (χ0v) is 14.8. The molecule has 4 rings (SSSR count). The molecule has 3 heterocycles. The number of fused-ring (bicyclic) bond motifs is 1. The van der Waals surface area contributed by atoms with E-state index < -0.39 is 11.9 Å². The summed E-state index contributed by atoms with van der Waals surface area (Å²) in [6.07, 6.45) is 3.34. The number of H-pyrrole nitrogens is 1. The summed E-state index contributed by atoms with van der Waals surface area (Å²) in [6.45, 7) is 0. The highest BCUT2D eigenvalue weighted by Crippen LogP contribution is 2.45. The summed E-state index contributed by atoms with van der Waals surface area (Å²) in [5, 5.41) is 16.9. The number of hydrogen-bond acceptors (Lipinski definition) is 7. The van der Waals surface area contributed by atoms with Gasteiger partial charge in [-0.1, -0.05) is 12.1 Å². The van der Waals surface area contributed by atoms with Gasteiger partial charge in [-0.15, -0.1) is 5.10 Å². The molecule has 0 amide bonds. The molecule has 1 aliphatic heterocycles. The molecule has 0 radical (unpaired) electrons. The molecule has 0 bridgehead atoms. The first-order chi connectivity index (χ1) is 13.6. The predicted molar refractivity (Wildman–Crippen MR) is 98.9 cm³/mol. The second kappa shape index (κ2) is 6.89. The number of nitrogens with zero attached hydrogens (tertiary/aromatic N) is 3. The van der Waals surface area contributed by atoms with Gasteiger partial charge >= 0.3 is 5.97 Å². The van der Waals surface area contributed by atoms with Gasteiger partial charge in [0.05, 0.1) is 29.8 Å². The number of esters is 1. The number of nitrogens with one attached hydrogen (secondary N) is 1. The molecule has 1 atom stereocenters. The molecule has 8 nitrogen and oxygen atoms in total. The first kappa shape index (κ1) is 17.3. The Morgan fingerprint density at radius 1 is 1.25 bits per heavy atom. The third-order valence-corrected chi connectivity index (χ3v) is 4.57. The second-order valence-electron chi connectivity index (χ2n) is 6.09. The number of carbonyl (C=O) groups excluding carboxylic acids is 1. The summed E-state index contributed by atoms with van der Waals surface area (Å²) < 4.78 is 10.3. The van der Waals surface area contributed by atoms with E-state index >= 15 is 0 Å². The minimum Gasteiger partial charge on any atom is -0.465 e. The number of rotatable bonds is 3. The maximum absolute atomic E-state index is 11.7. The third kappa shape index (κ3) is 2.75. The molecule has 0 saturated carbocycles. The van der Waals surface area contributed by atoms with Crippen LogP contribution in [0.4, 0.5) is 0 Å². The van der Waals surface area contributed by atoms with E-state index in [1.165, 1.54) is 7.11 Å². The van der Waals surface area contributed by atoms with Crippen LogP contribution in [0.25, 0.3) is 11.3 Å². The Balaban J connectivity index is 1.88. The van der Waals surface area contributed by atoms with Crippen molar-refractivity contribution in [1.29, 1.82) is 5.26 Å². The molecular formula is C20H15N5O3. The van der Waals surface area contributed by atoms with Crippen LogP contribution in [-0.2, 0) is 4.74 Å². The number of benzene rings is 1. The van der Waals surface area contributed by atoms with Crippen molar-refractivity contribution in [3.63, 3.8) is 0 Å². The van der Waals surface area contributed by atoms with Gasteiger partial charge in [-0.25, -0.2) is 4.79 Å². The summed E-state index contributed by atoms with van der Waals surface area (Å²) in [4.78, 5) is 15.8. The number of methoxy groups -OCH3 is 1. The van der Waals surface area contributed by atoms with Gasteiger partial charge in [0, 0.05) is 18.0 Å². The van der Waals surface area contributed by atoms with E-state index in [4.69, 9.17) is 15.2 Å². The standard InChI is InChI=1S/C20H15N5O3/c1-27-20(26)13-4-2-11(3-5-13)15-14(10-21)18(22)28-19-16(15)17(24-25-19)12-6-8-23-9-7-12/h2-9,15H,22H2,1H3,(H,24,25)/t15-/m0/s1. The van der Waals surface area contributed by atoms with Gasteiger partial charge in [-0.05, 0) is 29.8 Å². The van der Waals surface area contributed by atoms with Crippen molar-refractivity contribution in [3.05, 3.63) is 76.9 Å². The van der Waals surface area contributed by atoms with Crippen molar-refractivity contribution >= 4 is 5.97 Å². The van der Waals surface area contributed by atoms with Crippen LogP contribution in [0.5, 0.6) is 5.88 Å². The van der Waals surface area contributed by atoms with Gasteiger partial charge in [-0.3, -0.25) is 10.1 Å². The van der Waals surface area contributed by atoms with Crippen molar-refractivity contribution in [3.8, 4) is 23.2 Å². The Hall–Kier alpha value is -4.12. The predicted octanol–water partition coefficient (Wildman–Crippen LogP) is 2.48. The fourth-order valence-electron chi connectivity index (χ4n) is 3.25. The minimum absolute atomic E-state index is 0.00447. The molecule has 3 aromatic rings. The molecular weight excluding hydrogens is 358 g/mol. The Morgan fingerprint density at radius 2 is 1.96 bits per heavy atom. The number of nitriles is 1. The molecule has 0 spiro atoms. The molecule has 0 aliphatic carbocycles. The van der Waals surface area contributed by atoms with Gasteiger partial charge in [0.15, 0.2) is 0 Å². The van der Waals surface area contributed by atoms with Gasteiger partial charge in [-0.2, -0.15) is 5.26 Å². The van der Waals surface area contributed by atoms with E-state index in [-0.39, 0.29) is 11.5 Å². The van der Waals surface area contributed by atoms with Crippen molar-refractivity contribution in [1.82, 2.24) is 15.2 Å². The number of pyridine rings is 1. The number of ether oxygens (including phenoxy) is 2. The number of hydrogen-bond donors (Lipinski definition) is 2. The van der Waals surface area contributed by atoms with Crippen LogP contribution < -0.4 is 10.5 Å². The first-order valence-corrected chi connectivity index (χ1v) is 8.38. The number of allylic oxidation sites excluding steroid dienone is 1. The highest BCUT2D eigenvalue weighted by Gasteiger charge is 2.35. The number of aromatic nitrogens is 3. The molecule has 2 aromatic heterocycles. The minimum atomic E-state index is -0.498. The van der Waals surface area contributed by atoms with Crippen molar-refractivity contribution in [2.24, 2.45) is 5.73 Å². The maximum Gasteiger partial charge on any atom is 0.337 e. The summed E-state index contributed by atoms with van der Waals surface area (Å²) in [5.41, 5.74) is 9.69. The van der Waals surface area contributed by atoms with Crippen LogP contribution in [0.2, 0.25) is 0 Å². The molecule has 0 fully saturated rings. The number of carbonyl (C=O) groups is 1. The fourth-order valence-corrected chi connectivity index (χ4v) is 3.25. The summed E-state index contributed by atoms with van der Waals surface area (Å²) >= 11 is 0. The van der Waals surface area contributed by atoms with E-state index in [1.54, 1.807) is 36.7 Å². The van der Waals surface area contributed by atoms with Crippen LogP contribution in [0.3, 0.4) is 0 Å². The van der Waals surface area contributed by atoms with Gasteiger partial charge in [0.2, 0.25) is 11.8 Å². The average molecular weight is 373 g/mol. The highest BCUT2D eigenvalue weighted by atomic mass is 16.5. The third-order valence-electron chi connectivity index (χ3n) is 4.57.